The highest BCUT2D eigenvalue weighted by molar-refractivity contribution is 6.04. The highest BCUT2D eigenvalue weighted by atomic mass is 19.1. The molecule has 0 radical (unpaired) electrons. The van der Waals surface area contributed by atoms with Crippen LogP contribution in [0.5, 0.6) is 0 Å². The number of amides is 1. The monoisotopic (exact) mass is 284 g/mol. The van der Waals surface area contributed by atoms with E-state index >= 15 is 0 Å². The summed E-state index contributed by atoms with van der Waals surface area (Å²) in [6.45, 7) is 3.41. The minimum atomic E-state index is -0.398. The first-order chi connectivity index (χ1) is 10.0. The molecule has 21 heavy (non-hydrogen) atoms. The average Bonchev–Trinajstić information content (AvgIpc) is 2.81. The number of aryl methyl sites for hydroxylation is 2. The standard InChI is InChI=1S/C16H13FN2O2/c1-9-3-4-11(7-13(9)17)16(20)19-12-5-6-15-14(8-12)18-10(2)21-15/h3-8H,1-2H3,(H,19,20). The first-order valence-electron chi connectivity index (χ1n) is 6.47. The highest BCUT2D eigenvalue weighted by Gasteiger charge is 2.10. The molecule has 0 spiro atoms. The zero-order chi connectivity index (χ0) is 15.0. The van der Waals surface area contributed by atoms with Crippen LogP contribution in [0.4, 0.5) is 10.1 Å². The quantitative estimate of drug-likeness (QED) is 0.778. The lowest BCUT2D eigenvalue weighted by Crippen LogP contribution is -2.12. The van der Waals surface area contributed by atoms with Gasteiger partial charge in [0.2, 0.25) is 0 Å². The molecule has 1 amide bonds. The number of nitrogens with zero attached hydrogens (tertiary/aromatic N) is 1. The molecular weight excluding hydrogens is 271 g/mol. The Bertz CT molecular complexity index is 839. The van der Waals surface area contributed by atoms with E-state index in [1.165, 1.54) is 6.07 Å². The number of oxazole rings is 1. The first-order valence-corrected chi connectivity index (χ1v) is 6.47. The molecule has 0 atom stereocenters. The van der Waals surface area contributed by atoms with Crippen molar-refractivity contribution in [3.63, 3.8) is 0 Å². The van der Waals surface area contributed by atoms with E-state index in [-0.39, 0.29) is 11.5 Å². The van der Waals surface area contributed by atoms with Gasteiger partial charge in [-0.1, -0.05) is 6.07 Å². The number of hydrogen-bond donors (Lipinski definition) is 1. The molecule has 4 nitrogen and oxygen atoms in total. The van der Waals surface area contributed by atoms with Crippen LogP contribution in [0.15, 0.2) is 40.8 Å². The van der Waals surface area contributed by atoms with Crippen LogP contribution >= 0.6 is 0 Å². The largest absolute Gasteiger partial charge is 0.441 e. The van der Waals surface area contributed by atoms with Crippen LogP contribution in [0.1, 0.15) is 21.8 Å². The van der Waals surface area contributed by atoms with Gasteiger partial charge in [0.1, 0.15) is 11.3 Å². The van der Waals surface area contributed by atoms with Crippen LogP contribution in [-0.4, -0.2) is 10.9 Å². The molecule has 1 aromatic heterocycles. The van der Waals surface area contributed by atoms with Gasteiger partial charge in [0.25, 0.3) is 5.91 Å². The lowest BCUT2D eigenvalue weighted by atomic mass is 10.1. The predicted octanol–water partition coefficient (Wildman–Crippen LogP) is 3.84. The summed E-state index contributed by atoms with van der Waals surface area (Å²) in [5.41, 5.74) is 2.69. The van der Waals surface area contributed by atoms with Gasteiger partial charge in [0.15, 0.2) is 11.5 Å². The molecule has 0 aliphatic heterocycles. The number of hydrogen-bond acceptors (Lipinski definition) is 3. The van der Waals surface area contributed by atoms with Gasteiger partial charge < -0.3 is 9.73 Å². The van der Waals surface area contributed by atoms with Crippen molar-refractivity contribution in [1.82, 2.24) is 4.98 Å². The second-order valence-corrected chi connectivity index (χ2v) is 4.83. The summed E-state index contributed by atoms with van der Waals surface area (Å²) < 4.78 is 18.9. The third-order valence-corrected chi connectivity index (χ3v) is 3.19. The van der Waals surface area contributed by atoms with Crippen molar-refractivity contribution in [2.24, 2.45) is 0 Å². The molecule has 2 aromatic carbocycles. The minimum Gasteiger partial charge on any atom is -0.441 e. The molecule has 0 fully saturated rings. The molecule has 0 saturated heterocycles. The smallest absolute Gasteiger partial charge is 0.255 e. The second kappa shape index (κ2) is 5.01. The molecule has 0 bridgehead atoms. The predicted molar refractivity (Wildman–Crippen MR) is 77.8 cm³/mol. The number of halogens is 1. The van der Waals surface area contributed by atoms with Crippen molar-refractivity contribution < 1.29 is 13.6 Å². The lowest BCUT2D eigenvalue weighted by Gasteiger charge is -2.06. The molecule has 0 unspecified atom stereocenters. The van der Waals surface area contributed by atoms with E-state index in [1.54, 1.807) is 44.2 Å². The molecule has 1 heterocycles. The molecule has 3 rings (SSSR count). The molecule has 3 aromatic rings. The summed E-state index contributed by atoms with van der Waals surface area (Å²) >= 11 is 0. The van der Waals surface area contributed by atoms with Crippen molar-refractivity contribution in [1.29, 1.82) is 0 Å². The van der Waals surface area contributed by atoms with Gasteiger partial charge in [-0.3, -0.25) is 4.79 Å². The molecular formula is C16H13FN2O2. The number of anilines is 1. The number of benzene rings is 2. The highest BCUT2D eigenvalue weighted by Crippen LogP contribution is 2.20. The van der Waals surface area contributed by atoms with Gasteiger partial charge >= 0.3 is 0 Å². The van der Waals surface area contributed by atoms with Crippen LogP contribution < -0.4 is 5.32 Å². The maximum atomic E-state index is 13.5. The van der Waals surface area contributed by atoms with E-state index in [2.05, 4.69) is 10.3 Å². The molecule has 0 aliphatic rings. The number of fused-ring (bicyclic) bond motifs is 1. The van der Waals surface area contributed by atoms with E-state index in [4.69, 9.17) is 4.42 Å². The van der Waals surface area contributed by atoms with Crippen LogP contribution in [0.3, 0.4) is 0 Å². The van der Waals surface area contributed by atoms with Gasteiger partial charge in [-0.05, 0) is 42.8 Å². The van der Waals surface area contributed by atoms with Crippen LogP contribution in [0.2, 0.25) is 0 Å². The number of carbonyl (C=O) groups is 1. The van der Waals surface area contributed by atoms with Gasteiger partial charge in [-0.25, -0.2) is 9.37 Å². The Kier molecular flexibility index (Phi) is 3.17. The summed E-state index contributed by atoms with van der Waals surface area (Å²) in [6.07, 6.45) is 0. The second-order valence-electron chi connectivity index (χ2n) is 4.83. The summed E-state index contributed by atoms with van der Waals surface area (Å²) in [5, 5.41) is 2.72. The Hall–Kier alpha value is -2.69. The summed E-state index contributed by atoms with van der Waals surface area (Å²) in [4.78, 5) is 16.3. The molecule has 1 N–H and O–H groups in total. The average molecular weight is 284 g/mol. The van der Waals surface area contributed by atoms with Crippen molar-refractivity contribution in [2.75, 3.05) is 5.32 Å². The third-order valence-electron chi connectivity index (χ3n) is 3.19. The zero-order valence-corrected chi connectivity index (χ0v) is 11.6. The fourth-order valence-corrected chi connectivity index (χ4v) is 2.06. The molecule has 5 heteroatoms. The van der Waals surface area contributed by atoms with Crippen molar-refractivity contribution in [3.05, 3.63) is 59.2 Å². The van der Waals surface area contributed by atoms with E-state index in [1.807, 2.05) is 0 Å². The molecule has 106 valence electrons. The lowest BCUT2D eigenvalue weighted by molar-refractivity contribution is 0.102. The normalized spacial score (nSPS) is 10.8. The van der Waals surface area contributed by atoms with E-state index in [9.17, 15) is 9.18 Å². The summed E-state index contributed by atoms with van der Waals surface area (Å²) in [6, 6.07) is 9.56. The van der Waals surface area contributed by atoms with E-state index in [0.29, 0.717) is 28.2 Å². The van der Waals surface area contributed by atoms with Gasteiger partial charge in [0, 0.05) is 18.2 Å². The number of carbonyl (C=O) groups excluding carboxylic acids is 1. The van der Waals surface area contributed by atoms with E-state index < -0.39 is 5.82 Å². The fourth-order valence-electron chi connectivity index (χ4n) is 2.06. The maximum Gasteiger partial charge on any atom is 0.255 e. The Morgan fingerprint density at radius 1 is 1.19 bits per heavy atom. The molecule has 0 saturated carbocycles. The topological polar surface area (TPSA) is 55.1 Å². The van der Waals surface area contributed by atoms with E-state index in [0.717, 1.165) is 0 Å². The number of rotatable bonds is 2. The fraction of sp³-hybridized carbons (Fsp3) is 0.125. The summed E-state index contributed by atoms with van der Waals surface area (Å²) in [5.74, 6) is -0.201. The Balaban J connectivity index is 1.86. The number of aromatic nitrogens is 1. The van der Waals surface area contributed by atoms with Crippen molar-refractivity contribution in [2.45, 2.75) is 13.8 Å². The van der Waals surface area contributed by atoms with Crippen LogP contribution in [0, 0.1) is 19.7 Å². The third kappa shape index (κ3) is 2.63. The van der Waals surface area contributed by atoms with Gasteiger partial charge in [-0.15, -0.1) is 0 Å². The Morgan fingerprint density at radius 3 is 2.76 bits per heavy atom. The summed E-state index contributed by atoms with van der Waals surface area (Å²) in [7, 11) is 0. The van der Waals surface area contributed by atoms with Crippen LogP contribution in [-0.2, 0) is 0 Å². The minimum absolute atomic E-state index is 0.273. The Morgan fingerprint density at radius 2 is 2.00 bits per heavy atom. The molecule has 0 aliphatic carbocycles. The van der Waals surface area contributed by atoms with Crippen LogP contribution in [0.25, 0.3) is 11.1 Å². The van der Waals surface area contributed by atoms with Gasteiger partial charge in [-0.2, -0.15) is 0 Å². The first kappa shape index (κ1) is 13.3. The van der Waals surface area contributed by atoms with Gasteiger partial charge in [0.05, 0.1) is 0 Å². The zero-order valence-electron chi connectivity index (χ0n) is 11.6. The number of nitrogens with one attached hydrogen (secondary N) is 1. The van der Waals surface area contributed by atoms with Crippen molar-refractivity contribution >= 4 is 22.7 Å². The van der Waals surface area contributed by atoms with Crippen molar-refractivity contribution in [3.8, 4) is 0 Å². The maximum absolute atomic E-state index is 13.5. The SMILES string of the molecule is Cc1nc2cc(NC(=O)c3ccc(C)c(F)c3)ccc2o1. The Labute approximate surface area is 120 Å².